The fourth-order valence-electron chi connectivity index (χ4n) is 2.01. The van der Waals surface area contributed by atoms with Gasteiger partial charge in [-0.1, -0.05) is 24.3 Å². The zero-order valence-electron chi connectivity index (χ0n) is 8.57. The van der Waals surface area contributed by atoms with Crippen molar-refractivity contribution >= 4 is 17.6 Å². The summed E-state index contributed by atoms with van der Waals surface area (Å²) in [5, 5.41) is -0.209. The summed E-state index contributed by atoms with van der Waals surface area (Å²) in [5.74, 6) is -0.259. The summed E-state index contributed by atoms with van der Waals surface area (Å²) in [6.07, 6.45) is 1.56. The first-order valence-electron chi connectivity index (χ1n) is 5.07. The van der Waals surface area contributed by atoms with Gasteiger partial charge in [-0.2, -0.15) is 0 Å². The van der Waals surface area contributed by atoms with Crippen molar-refractivity contribution in [2.45, 2.75) is 31.2 Å². The van der Waals surface area contributed by atoms with E-state index in [0.29, 0.717) is 0 Å². The maximum atomic E-state index is 10.9. The number of ether oxygens (including phenoxy) is 1. The van der Waals surface area contributed by atoms with Crippen LogP contribution in [0.2, 0.25) is 0 Å². The Bertz CT molecular complexity index is 376. The standard InChI is InChI=1S/C12H13ClO2/c1-8(14)15-11-7-6-9-4-2-3-5-10(9)12(11)13/h2-5,11-12H,6-7H2,1H3. The van der Waals surface area contributed by atoms with Crippen LogP contribution < -0.4 is 0 Å². The topological polar surface area (TPSA) is 26.3 Å². The molecule has 80 valence electrons. The Morgan fingerprint density at radius 1 is 1.47 bits per heavy atom. The molecule has 0 amide bonds. The number of hydrogen-bond acceptors (Lipinski definition) is 2. The van der Waals surface area contributed by atoms with E-state index >= 15 is 0 Å². The molecular weight excluding hydrogens is 212 g/mol. The molecule has 15 heavy (non-hydrogen) atoms. The van der Waals surface area contributed by atoms with E-state index in [-0.39, 0.29) is 17.5 Å². The zero-order valence-corrected chi connectivity index (χ0v) is 9.33. The number of benzene rings is 1. The third kappa shape index (κ3) is 2.15. The largest absolute Gasteiger partial charge is 0.461 e. The maximum absolute atomic E-state index is 10.9. The van der Waals surface area contributed by atoms with Crippen molar-refractivity contribution in [3.05, 3.63) is 35.4 Å². The molecule has 1 aromatic rings. The van der Waals surface area contributed by atoms with Gasteiger partial charge in [0.2, 0.25) is 0 Å². The fraction of sp³-hybridized carbons (Fsp3) is 0.417. The molecule has 1 aliphatic rings. The summed E-state index contributed by atoms with van der Waals surface area (Å²) in [6, 6.07) is 8.05. The van der Waals surface area contributed by atoms with Crippen LogP contribution in [0, 0.1) is 0 Å². The average Bonchev–Trinajstić information content (AvgIpc) is 2.22. The molecule has 3 heteroatoms. The van der Waals surface area contributed by atoms with Crippen LogP contribution >= 0.6 is 11.6 Å². The molecule has 0 bridgehead atoms. The maximum Gasteiger partial charge on any atom is 0.302 e. The van der Waals surface area contributed by atoms with E-state index in [1.165, 1.54) is 12.5 Å². The minimum absolute atomic E-state index is 0.181. The summed E-state index contributed by atoms with van der Waals surface area (Å²) in [4.78, 5) is 10.9. The second-order valence-corrected chi connectivity index (χ2v) is 4.26. The zero-order chi connectivity index (χ0) is 10.8. The van der Waals surface area contributed by atoms with Crippen LogP contribution in [0.15, 0.2) is 24.3 Å². The van der Waals surface area contributed by atoms with Gasteiger partial charge in [0, 0.05) is 6.92 Å². The summed E-state index contributed by atoms with van der Waals surface area (Å²) < 4.78 is 5.19. The molecule has 2 rings (SSSR count). The number of rotatable bonds is 1. The molecule has 1 aromatic carbocycles. The molecule has 0 radical (unpaired) electrons. The summed E-state index contributed by atoms with van der Waals surface area (Å²) in [5.41, 5.74) is 2.36. The van der Waals surface area contributed by atoms with E-state index in [1.807, 2.05) is 18.2 Å². The second kappa shape index (κ2) is 4.23. The van der Waals surface area contributed by atoms with Gasteiger partial charge in [0.15, 0.2) is 0 Å². The summed E-state index contributed by atoms with van der Waals surface area (Å²) in [7, 11) is 0. The van der Waals surface area contributed by atoms with Crippen LogP contribution in [0.5, 0.6) is 0 Å². The molecule has 0 saturated heterocycles. The van der Waals surface area contributed by atoms with Crippen LogP contribution in [0.25, 0.3) is 0 Å². The van der Waals surface area contributed by atoms with Gasteiger partial charge in [0.1, 0.15) is 6.10 Å². The van der Waals surface area contributed by atoms with Gasteiger partial charge in [-0.25, -0.2) is 0 Å². The SMILES string of the molecule is CC(=O)OC1CCc2ccccc2C1Cl. The normalized spacial score (nSPS) is 24.4. The van der Waals surface area contributed by atoms with Crippen molar-refractivity contribution < 1.29 is 9.53 Å². The Morgan fingerprint density at radius 3 is 2.93 bits per heavy atom. The van der Waals surface area contributed by atoms with Gasteiger partial charge in [0.25, 0.3) is 0 Å². The third-order valence-electron chi connectivity index (χ3n) is 2.69. The van der Waals surface area contributed by atoms with Gasteiger partial charge in [-0.05, 0) is 24.0 Å². The van der Waals surface area contributed by atoms with Crippen LogP contribution in [-0.4, -0.2) is 12.1 Å². The molecular formula is C12H13ClO2. The smallest absolute Gasteiger partial charge is 0.302 e. The lowest BCUT2D eigenvalue weighted by atomic mass is 9.89. The Morgan fingerprint density at radius 2 is 2.20 bits per heavy atom. The molecule has 0 aliphatic heterocycles. The van der Waals surface area contributed by atoms with Crippen molar-refractivity contribution in [1.82, 2.24) is 0 Å². The van der Waals surface area contributed by atoms with Gasteiger partial charge < -0.3 is 4.74 Å². The van der Waals surface area contributed by atoms with Crippen LogP contribution in [0.3, 0.4) is 0 Å². The third-order valence-corrected chi connectivity index (χ3v) is 3.21. The van der Waals surface area contributed by atoms with Crippen LogP contribution in [0.4, 0.5) is 0 Å². The highest BCUT2D eigenvalue weighted by Crippen LogP contribution is 2.36. The second-order valence-electron chi connectivity index (χ2n) is 3.79. The predicted molar refractivity (Wildman–Crippen MR) is 58.9 cm³/mol. The Balaban J connectivity index is 2.22. The molecule has 2 atom stereocenters. The molecule has 1 aliphatic carbocycles. The highest BCUT2D eigenvalue weighted by molar-refractivity contribution is 6.21. The molecule has 2 unspecified atom stereocenters. The molecule has 0 aromatic heterocycles. The number of esters is 1. The minimum atomic E-state index is -0.259. The number of aryl methyl sites for hydroxylation is 1. The van der Waals surface area contributed by atoms with E-state index in [9.17, 15) is 4.79 Å². The first-order chi connectivity index (χ1) is 7.18. The van der Waals surface area contributed by atoms with E-state index < -0.39 is 0 Å². The molecule has 0 saturated carbocycles. The first-order valence-corrected chi connectivity index (χ1v) is 5.51. The molecule has 0 heterocycles. The number of alkyl halides is 1. The van der Waals surface area contributed by atoms with Crippen molar-refractivity contribution in [3.8, 4) is 0 Å². The number of fused-ring (bicyclic) bond motifs is 1. The molecule has 0 fully saturated rings. The van der Waals surface area contributed by atoms with Crippen LogP contribution in [0.1, 0.15) is 29.8 Å². The molecule has 0 spiro atoms. The van der Waals surface area contributed by atoms with E-state index in [4.69, 9.17) is 16.3 Å². The van der Waals surface area contributed by atoms with Crippen molar-refractivity contribution in [2.75, 3.05) is 0 Å². The van der Waals surface area contributed by atoms with Gasteiger partial charge in [-0.15, -0.1) is 11.6 Å². The fourth-order valence-corrected chi connectivity index (χ4v) is 2.40. The number of carbonyl (C=O) groups is 1. The highest BCUT2D eigenvalue weighted by Gasteiger charge is 2.29. The molecule has 0 N–H and O–H groups in total. The minimum Gasteiger partial charge on any atom is -0.461 e. The van der Waals surface area contributed by atoms with Gasteiger partial charge >= 0.3 is 5.97 Å². The molecule has 2 nitrogen and oxygen atoms in total. The summed E-state index contributed by atoms with van der Waals surface area (Å²) >= 11 is 6.28. The Kier molecular flexibility index (Phi) is 2.96. The Labute approximate surface area is 94.2 Å². The van der Waals surface area contributed by atoms with Crippen molar-refractivity contribution in [1.29, 1.82) is 0 Å². The lowest BCUT2D eigenvalue weighted by molar-refractivity contribution is -0.147. The predicted octanol–water partition coefficient (Wildman–Crippen LogP) is 2.84. The quantitative estimate of drug-likeness (QED) is 0.542. The van der Waals surface area contributed by atoms with Gasteiger partial charge in [-0.3, -0.25) is 4.79 Å². The van der Waals surface area contributed by atoms with E-state index in [0.717, 1.165) is 18.4 Å². The number of halogens is 1. The van der Waals surface area contributed by atoms with E-state index in [1.54, 1.807) is 0 Å². The van der Waals surface area contributed by atoms with Crippen molar-refractivity contribution in [3.63, 3.8) is 0 Å². The first kappa shape index (κ1) is 10.5. The summed E-state index contributed by atoms with van der Waals surface area (Å²) in [6.45, 7) is 1.42. The lowest BCUT2D eigenvalue weighted by Gasteiger charge is -2.28. The highest BCUT2D eigenvalue weighted by atomic mass is 35.5. The number of hydrogen-bond donors (Lipinski definition) is 0. The lowest BCUT2D eigenvalue weighted by Crippen LogP contribution is -2.26. The van der Waals surface area contributed by atoms with E-state index in [2.05, 4.69) is 6.07 Å². The Hall–Kier alpha value is -1.02. The number of carbonyl (C=O) groups excluding carboxylic acids is 1. The van der Waals surface area contributed by atoms with Gasteiger partial charge in [0.05, 0.1) is 5.38 Å². The van der Waals surface area contributed by atoms with Crippen LogP contribution in [-0.2, 0) is 16.0 Å². The monoisotopic (exact) mass is 224 g/mol. The average molecular weight is 225 g/mol. The van der Waals surface area contributed by atoms with Crippen molar-refractivity contribution in [2.24, 2.45) is 0 Å².